The van der Waals surface area contributed by atoms with Crippen LogP contribution in [0.4, 0.5) is 0 Å². The maximum absolute atomic E-state index is 6.25. The van der Waals surface area contributed by atoms with Crippen LogP contribution < -0.4 is 0 Å². The van der Waals surface area contributed by atoms with Crippen molar-refractivity contribution in [1.29, 1.82) is 0 Å². The van der Waals surface area contributed by atoms with Gasteiger partial charge in [-0.3, -0.25) is 0 Å². The van der Waals surface area contributed by atoms with E-state index in [-0.39, 0.29) is 0 Å². The number of hydrogen-bond acceptors (Lipinski definition) is 4. The Kier molecular flexibility index (Phi) is 8.87. The molecule has 0 atom stereocenters. The van der Waals surface area contributed by atoms with E-state index in [0.717, 1.165) is 66.5 Å². The fourth-order valence-electron chi connectivity index (χ4n) is 9.06. The first-order chi connectivity index (χ1) is 31.5. The third-order valence-electron chi connectivity index (χ3n) is 12.4. The van der Waals surface area contributed by atoms with Crippen LogP contribution >= 0.6 is 0 Å². The summed E-state index contributed by atoms with van der Waals surface area (Å²) >= 11 is 0. The van der Waals surface area contributed by atoms with Crippen LogP contribution in [0.3, 0.4) is 0 Å². The number of aryl methyl sites for hydroxylation is 2. The van der Waals surface area contributed by atoms with E-state index in [1.54, 1.807) is 0 Å². The van der Waals surface area contributed by atoms with Crippen LogP contribution in [0.5, 0.6) is 0 Å². The number of fused-ring (bicyclic) bond motifs is 6. The minimum atomic E-state index is 0.585. The molecule has 0 unspecified atom stereocenters. The molecule has 0 spiro atoms. The second-order valence-electron chi connectivity index (χ2n) is 16.6. The lowest BCUT2D eigenvalue weighted by molar-refractivity contribution is 0.669. The minimum Gasteiger partial charge on any atom is -0.456 e. The zero-order valence-corrected chi connectivity index (χ0v) is 35.3. The number of furan rings is 1. The van der Waals surface area contributed by atoms with Gasteiger partial charge < -0.3 is 8.98 Å². The molecule has 0 amide bonds. The van der Waals surface area contributed by atoms with E-state index < -0.39 is 0 Å². The molecule has 0 saturated carbocycles. The molecule has 3 heterocycles. The predicted molar refractivity (Wildman–Crippen MR) is 264 cm³/mol. The molecule has 0 saturated heterocycles. The summed E-state index contributed by atoms with van der Waals surface area (Å²) in [6.45, 7) is 4.26. The third kappa shape index (κ3) is 6.54. The van der Waals surface area contributed by atoms with Gasteiger partial charge in [0, 0.05) is 38.2 Å². The standard InChI is InChI=1S/C59H40N4O/c1-37-17-21-39(22-18-37)43-25-29-52-48(33-43)49-34-44(40-23-19-38(2)20-24-40)26-30-53(49)63(52)54-31-27-45(46-28-32-56-50(35-46)47-15-9-10-16-55(47)64-56)36-51(54)59-61-57(41-11-5-3-6-12-41)60-58(62-59)42-13-7-4-8-14-42/h3-36H,1-2H3. The topological polar surface area (TPSA) is 56.7 Å². The molecular weight excluding hydrogens is 781 g/mol. The average Bonchev–Trinajstić information content (AvgIpc) is 3.89. The first kappa shape index (κ1) is 37.4. The monoisotopic (exact) mass is 820 g/mol. The largest absolute Gasteiger partial charge is 0.456 e. The van der Waals surface area contributed by atoms with Gasteiger partial charge in [0.05, 0.1) is 16.7 Å². The van der Waals surface area contributed by atoms with E-state index in [0.29, 0.717) is 17.5 Å². The molecule has 5 nitrogen and oxygen atoms in total. The van der Waals surface area contributed by atoms with E-state index >= 15 is 0 Å². The number of benzene rings is 9. The number of rotatable bonds is 7. The van der Waals surface area contributed by atoms with Crippen molar-refractivity contribution in [3.63, 3.8) is 0 Å². The van der Waals surface area contributed by atoms with Crippen molar-refractivity contribution in [2.24, 2.45) is 0 Å². The SMILES string of the molecule is Cc1ccc(-c2ccc3c(c2)c2cc(-c4ccc(C)cc4)ccc2n3-c2ccc(-c3ccc4oc5ccccc5c4c3)cc2-c2nc(-c3ccccc3)nc(-c3ccccc3)n2)cc1. The summed E-state index contributed by atoms with van der Waals surface area (Å²) < 4.78 is 8.64. The normalized spacial score (nSPS) is 11.6. The van der Waals surface area contributed by atoms with Crippen molar-refractivity contribution < 1.29 is 4.42 Å². The van der Waals surface area contributed by atoms with Gasteiger partial charge >= 0.3 is 0 Å². The van der Waals surface area contributed by atoms with Crippen LogP contribution in [0.1, 0.15) is 11.1 Å². The van der Waals surface area contributed by atoms with Gasteiger partial charge in [-0.15, -0.1) is 0 Å². The summed E-state index contributed by atoms with van der Waals surface area (Å²) in [7, 11) is 0. The second kappa shape index (κ2) is 15.2. The van der Waals surface area contributed by atoms with Crippen LogP contribution in [-0.2, 0) is 0 Å². The smallest absolute Gasteiger partial charge is 0.166 e. The zero-order valence-electron chi connectivity index (χ0n) is 35.3. The fraction of sp³-hybridized carbons (Fsp3) is 0.0339. The molecular formula is C59H40N4O. The molecule has 0 radical (unpaired) electrons. The summed E-state index contributed by atoms with van der Waals surface area (Å²) in [5.74, 6) is 1.81. The Labute approximate surface area is 370 Å². The zero-order chi connectivity index (χ0) is 42.7. The van der Waals surface area contributed by atoms with Gasteiger partial charge in [0.25, 0.3) is 0 Å². The van der Waals surface area contributed by atoms with Gasteiger partial charge in [-0.2, -0.15) is 0 Å². The lowest BCUT2D eigenvalue weighted by atomic mass is 9.99. The Morgan fingerprint density at radius 2 is 0.766 bits per heavy atom. The Hall–Kier alpha value is -8.41. The summed E-state index contributed by atoms with van der Waals surface area (Å²) in [5, 5.41) is 4.50. The highest BCUT2D eigenvalue weighted by Crippen LogP contribution is 2.42. The molecule has 0 aliphatic rings. The number of nitrogens with zero attached hydrogens (tertiary/aromatic N) is 4. The van der Waals surface area contributed by atoms with Gasteiger partial charge in [-0.1, -0.05) is 163 Å². The summed E-state index contributed by atoms with van der Waals surface area (Å²) in [6.07, 6.45) is 0. The van der Waals surface area contributed by atoms with Gasteiger partial charge in [-0.05, 0) is 102 Å². The highest BCUT2D eigenvalue weighted by molar-refractivity contribution is 6.12. The molecule has 302 valence electrons. The van der Waals surface area contributed by atoms with Crippen LogP contribution in [-0.4, -0.2) is 19.5 Å². The van der Waals surface area contributed by atoms with Crippen molar-refractivity contribution in [3.8, 4) is 73.2 Å². The first-order valence-corrected chi connectivity index (χ1v) is 21.7. The molecule has 0 aliphatic heterocycles. The van der Waals surface area contributed by atoms with Gasteiger partial charge in [0.2, 0.25) is 0 Å². The van der Waals surface area contributed by atoms with E-state index in [9.17, 15) is 0 Å². The van der Waals surface area contributed by atoms with E-state index in [4.69, 9.17) is 19.4 Å². The van der Waals surface area contributed by atoms with Crippen molar-refractivity contribution in [2.75, 3.05) is 0 Å². The predicted octanol–water partition coefficient (Wildman–Crippen LogP) is 15.5. The molecule has 0 N–H and O–H groups in total. The van der Waals surface area contributed by atoms with Crippen molar-refractivity contribution in [3.05, 3.63) is 217 Å². The van der Waals surface area contributed by atoms with Gasteiger partial charge in [0.1, 0.15) is 11.2 Å². The van der Waals surface area contributed by atoms with Crippen LogP contribution in [0.15, 0.2) is 211 Å². The molecule has 0 bridgehead atoms. The van der Waals surface area contributed by atoms with E-state index in [1.165, 1.54) is 44.2 Å². The lowest BCUT2D eigenvalue weighted by Crippen LogP contribution is -2.04. The summed E-state index contributed by atoms with van der Waals surface area (Å²) in [4.78, 5) is 15.7. The Morgan fingerprint density at radius 3 is 1.36 bits per heavy atom. The maximum atomic E-state index is 6.25. The fourth-order valence-corrected chi connectivity index (χ4v) is 9.06. The number of hydrogen-bond donors (Lipinski definition) is 0. The first-order valence-electron chi connectivity index (χ1n) is 21.7. The minimum absolute atomic E-state index is 0.585. The lowest BCUT2D eigenvalue weighted by Gasteiger charge is -2.16. The maximum Gasteiger partial charge on any atom is 0.166 e. The van der Waals surface area contributed by atoms with Gasteiger partial charge in [0.15, 0.2) is 17.5 Å². The Morgan fingerprint density at radius 1 is 0.328 bits per heavy atom. The molecule has 12 aromatic rings. The molecule has 5 heteroatoms. The molecule has 12 rings (SSSR count). The van der Waals surface area contributed by atoms with Crippen LogP contribution in [0.25, 0.3) is 117 Å². The van der Waals surface area contributed by atoms with E-state index in [2.05, 4.69) is 176 Å². The van der Waals surface area contributed by atoms with Gasteiger partial charge in [-0.25, -0.2) is 15.0 Å². The quantitative estimate of drug-likeness (QED) is 0.161. The number of para-hydroxylation sites is 1. The molecule has 9 aromatic carbocycles. The van der Waals surface area contributed by atoms with Crippen LogP contribution in [0.2, 0.25) is 0 Å². The summed E-state index contributed by atoms with van der Waals surface area (Å²) in [5.41, 5.74) is 16.9. The molecule has 3 aromatic heterocycles. The highest BCUT2D eigenvalue weighted by atomic mass is 16.3. The molecule has 64 heavy (non-hydrogen) atoms. The number of aromatic nitrogens is 4. The Balaban J connectivity index is 1.14. The average molecular weight is 821 g/mol. The molecule has 0 aliphatic carbocycles. The summed E-state index contributed by atoms with van der Waals surface area (Å²) in [6, 6.07) is 73.0. The second-order valence-corrected chi connectivity index (χ2v) is 16.6. The van der Waals surface area contributed by atoms with E-state index in [1.807, 2.05) is 48.5 Å². The molecule has 0 fully saturated rings. The Bertz CT molecular complexity index is 3560. The highest BCUT2D eigenvalue weighted by Gasteiger charge is 2.22. The third-order valence-corrected chi connectivity index (χ3v) is 12.4. The van der Waals surface area contributed by atoms with Crippen molar-refractivity contribution in [2.45, 2.75) is 13.8 Å². The van der Waals surface area contributed by atoms with Crippen LogP contribution in [0, 0.1) is 13.8 Å². The van der Waals surface area contributed by atoms with Crippen molar-refractivity contribution in [1.82, 2.24) is 19.5 Å². The van der Waals surface area contributed by atoms with Crippen molar-refractivity contribution >= 4 is 43.7 Å².